The SMILES string of the molecule is CC(C)CNC(=O)C1CN(Cc2ccccc2)CC12CN(C(=O)c1ccc(F)cn1)C2. The molecular weight excluding hydrogens is 395 g/mol. The van der Waals surface area contributed by atoms with Crippen LogP contribution in [0.15, 0.2) is 48.7 Å². The zero-order valence-electron chi connectivity index (χ0n) is 18.1. The van der Waals surface area contributed by atoms with Gasteiger partial charge >= 0.3 is 0 Å². The van der Waals surface area contributed by atoms with Crippen LogP contribution >= 0.6 is 0 Å². The van der Waals surface area contributed by atoms with E-state index in [0.717, 1.165) is 19.3 Å². The molecule has 1 spiro atoms. The Morgan fingerprint density at radius 1 is 1.16 bits per heavy atom. The first-order valence-electron chi connectivity index (χ1n) is 10.8. The summed E-state index contributed by atoms with van der Waals surface area (Å²) in [5.41, 5.74) is 1.19. The number of aromatic nitrogens is 1. The first kappa shape index (κ1) is 21.4. The molecule has 7 heteroatoms. The summed E-state index contributed by atoms with van der Waals surface area (Å²) in [6, 6.07) is 12.9. The molecule has 2 aromatic rings. The van der Waals surface area contributed by atoms with Gasteiger partial charge in [0, 0.05) is 44.7 Å². The first-order valence-corrected chi connectivity index (χ1v) is 10.8. The number of nitrogens with zero attached hydrogens (tertiary/aromatic N) is 3. The van der Waals surface area contributed by atoms with Gasteiger partial charge in [-0.1, -0.05) is 44.2 Å². The van der Waals surface area contributed by atoms with E-state index in [-0.39, 0.29) is 28.8 Å². The number of hydrogen-bond donors (Lipinski definition) is 1. The second-order valence-corrected chi connectivity index (χ2v) is 9.23. The molecule has 164 valence electrons. The lowest BCUT2D eigenvalue weighted by Crippen LogP contribution is -2.64. The highest BCUT2D eigenvalue weighted by Crippen LogP contribution is 2.45. The third-order valence-corrected chi connectivity index (χ3v) is 6.21. The highest BCUT2D eigenvalue weighted by molar-refractivity contribution is 5.93. The maximum Gasteiger partial charge on any atom is 0.272 e. The van der Waals surface area contributed by atoms with E-state index in [1.54, 1.807) is 4.90 Å². The van der Waals surface area contributed by atoms with Crippen LogP contribution in [0.1, 0.15) is 29.9 Å². The van der Waals surface area contributed by atoms with Crippen LogP contribution in [0.4, 0.5) is 4.39 Å². The van der Waals surface area contributed by atoms with Gasteiger partial charge in [0.25, 0.3) is 5.91 Å². The zero-order valence-corrected chi connectivity index (χ0v) is 18.1. The smallest absolute Gasteiger partial charge is 0.272 e. The van der Waals surface area contributed by atoms with Gasteiger partial charge in [-0.25, -0.2) is 9.37 Å². The average molecular weight is 425 g/mol. The maximum absolute atomic E-state index is 13.1. The number of likely N-dealkylation sites (tertiary alicyclic amines) is 2. The molecule has 2 fully saturated rings. The van der Waals surface area contributed by atoms with Crippen LogP contribution in [0.5, 0.6) is 0 Å². The molecule has 2 amide bonds. The number of amides is 2. The number of nitrogens with one attached hydrogen (secondary N) is 1. The minimum atomic E-state index is -0.467. The molecule has 2 aliphatic rings. The molecule has 1 atom stereocenters. The molecule has 2 saturated heterocycles. The Morgan fingerprint density at radius 3 is 2.55 bits per heavy atom. The van der Waals surface area contributed by atoms with Crippen molar-refractivity contribution >= 4 is 11.8 Å². The molecule has 1 N–H and O–H groups in total. The maximum atomic E-state index is 13.1. The summed E-state index contributed by atoms with van der Waals surface area (Å²) >= 11 is 0. The average Bonchev–Trinajstić information content (AvgIpc) is 3.11. The van der Waals surface area contributed by atoms with Crippen LogP contribution in [-0.4, -0.2) is 59.3 Å². The number of benzene rings is 1. The van der Waals surface area contributed by atoms with Crippen molar-refractivity contribution in [1.82, 2.24) is 20.1 Å². The molecule has 31 heavy (non-hydrogen) atoms. The molecule has 3 heterocycles. The molecule has 4 rings (SSSR count). The molecule has 2 aliphatic heterocycles. The number of rotatable bonds is 6. The third kappa shape index (κ3) is 4.61. The molecule has 0 aliphatic carbocycles. The molecule has 1 aromatic carbocycles. The lowest BCUT2D eigenvalue weighted by Gasteiger charge is -2.50. The molecule has 0 saturated carbocycles. The van der Waals surface area contributed by atoms with Crippen molar-refractivity contribution < 1.29 is 14.0 Å². The van der Waals surface area contributed by atoms with Gasteiger partial charge < -0.3 is 10.2 Å². The quantitative estimate of drug-likeness (QED) is 0.774. The summed E-state index contributed by atoms with van der Waals surface area (Å²) in [6.07, 6.45) is 1.06. The van der Waals surface area contributed by atoms with Crippen LogP contribution in [0.3, 0.4) is 0 Å². The van der Waals surface area contributed by atoms with Crippen LogP contribution in [0.25, 0.3) is 0 Å². The van der Waals surface area contributed by atoms with Crippen LogP contribution in [0.2, 0.25) is 0 Å². The Bertz CT molecular complexity index is 926. The van der Waals surface area contributed by atoms with Crippen LogP contribution in [0, 0.1) is 23.1 Å². The third-order valence-electron chi connectivity index (χ3n) is 6.21. The van der Waals surface area contributed by atoms with E-state index < -0.39 is 5.82 Å². The summed E-state index contributed by atoms with van der Waals surface area (Å²) in [5.74, 6) is -0.401. The Labute approximate surface area is 182 Å². The standard InChI is InChI=1S/C24H29FN4O2/c1-17(2)10-27-22(30)20-13-28(12-18-6-4-3-5-7-18)14-24(20)15-29(16-24)23(31)21-9-8-19(25)11-26-21/h3-9,11,17,20H,10,12-16H2,1-2H3,(H,27,30). The highest BCUT2D eigenvalue weighted by Gasteiger charge is 2.57. The Balaban J connectivity index is 1.47. The monoisotopic (exact) mass is 424 g/mol. The largest absolute Gasteiger partial charge is 0.356 e. The van der Waals surface area contributed by atoms with E-state index in [9.17, 15) is 14.0 Å². The Hall–Kier alpha value is -2.80. The molecule has 1 unspecified atom stereocenters. The van der Waals surface area contributed by atoms with Crippen molar-refractivity contribution in [2.45, 2.75) is 20.4 Å². The summed E-state index contributed by atoms with van der Waals surface area (Å²) in [4.78, 5) is 33.8. The second-order valence-electron chi connectivity index (χ2n) is 9.23. The summed E-state index contributed by atoms with van der Waals surface area (Å²) in [6.45, 7) is 8.04. The highest BCUT2D eigenvalue weighted by atomic mass is 19.1. The first-order chi connectivity index (χ1) is 14.9. The molecule has 0 radical (unpaired) electrons. The van der Waals surface area contributed by atoms with Crippen molar-refractivity contribution in [2.75, 3.05) is 32.7 Å². The summed E-state index contributed by atoms with van der Waals surface area (Å²) < 4.78 is 13.1. The molecule has 6 nitrogen and oxygen atoms in total. The lowest BCUT2D eigenvalue weighted by atomic mass is 9.71. The predicted molar refractivity (Wildman–Crippen MR) is 116 cm³/mol. The summed E-state index contributed by atoms with van der Waals surface area (Å²) in [7, 11) is 0. The van der Waals surface area contributed by atoms with Crippen molar-refractivity contribution in [3.05, 3.63) is 65.7 Å². The lowest BCUT2D eigenvalue weighted by molar-refractivity contribution is -0.131. The van der Waals surface area contributed by atoms with Crippen LogP contribution in [-0.2, 0) is 11.3 Å². The topological polar surface area (TPSA) is 65.5 Å². The fourth-order valence-electron chi connectivity index (χ4n) is 4.67. The van der Waals surface area contributed by atoms with Crippen molar-refractivity contribution in [2.24, 2.45) is 17.3 Å². The Morgan fingerprint density at radius 2 is 1.90 bits per heavy atom. The van der Waals surface area contributed by atoms with Crippen molar-refractivity contribution in [1.29, 1.82) is 0 Å². The van der Waals surface area contributed by atoms with E-state index in [0.29, 0.717) is 32.1 Å². The van der Waals surface area contributed by atoms with E-state index in [1.807, 2.05) is 18.2 Å². The van der Waals surface area contributed by atoms with Gasteiger partial charge in [0.1, 0.15) is 11.5 Å². The van der Waals surface area contributed by atoms with E-state index in [2.05, 4.69) is 41.2 Å². The zero-order chi connectivity index (χ0) is 22.0. The normalized spacial score (nSPS) is 20.1. The fraction of sp³-hybridized carbons (Fsp3) is 0.458. The molecule has 0 bridgehead atoms. The minimum absolute atomic E-state index is 0.0660. The number of hydrogen-bond acceptors (Lipinski definition) is 4. The van der Waals surface area contributed by atoms with E-state index in [4.69, 9.17) is 0 Å². The van der Waals surface area contributed by atoms with Crippen molar-refractivity contribution in [3.8, 4) is 0 Å². The number of halogens is 1. The summed E-state index contributed by atoms with van der Waals surface area (Å²) in [5, 5.41) is 3.09. The van der Waals surface area contributed by atoms with Gasteiger partial charge in [0.15, 0.2) is 0 Å². The second kappa shape index (κ2) is 8.75. The number of carbonyl (C=O) groups is 2. The van der Waals surface area contributed by atoms with Gasteiger partial charge in [0.05, 0.1) is 12.1 Å². The van der Waals surface area contributed by atoms with Gasteiger partial charge in [-0.15, -0.1) is 0 Å². The van der Waals surface area contributed by atoms with Crippen molar-refractivity contribution in [3.63, 3.8) is 0 Å². The van der Waals surface area contributed by atoms with Gasteiger partial charge in [-0.3, -0.25) is 14.5 Å². The molecule has 1 aromatic heterocycles. The fourth-order valence-corrected chi connectivity index (χ4v) is 4.67. The van der Waals surface area contributed by atoms with Crippen LogP contribution < -0.4 is 5.32 Å². The van der Waals surface area contributed by atoms with Gasteiger partial charge in [-0.2, -0.15) is 0 Å². The molecular formula is C24H29FN4O2. The number of carbonyl (C=O) groups excluding carboxylic acids is 2. The van der Waals surface area contributed by atoms with Gasteiger partial charge in [0.2, 0.25) is 5.91 Å². The van der Waals surface area contributed by atoms with E-state index >= 15 is 0 Å². The van der Waals surface area contributed by atoms with Gasteiger partial charge in [-0.05, 0) is 23.6 Å². The van der Waals surface area contributed by atoms with E-state index in [1.165, 1.54) is 17.7 Å². The predicted octanol–water partition coefficient (Wildman–Crippen LogP) is 2.57. The number of pyridine rings is 1. The Kier molecular flexibility index (Phi) is 6.05. The minimum Gasteiger partial charge on any atom is -0.356 e.